The molecule has 2 N–H and O–H groups in total. The molecule has 4 aromatic rings. The number of benzene rings is 4. The van der Waals surface area contributed by atoms with Crippen LogP contribution in [0.2, 0.25) is 0 Å². The van der Waals surface area contributed by atoms with E-state index in [1.54, 1.807) is 36.4 Å². The number of carbonyl (C=O) groups is 7. The molecule has 0 amide bonds. The van der Waals surface area contributed by atoms with Crippen LogP contribution >= 0.6 is 11.6 Å². The van der Waals surface area contributed by atoms with Crippen LogP contribution in [0.3, 0.4) is 0 Å². The standard InChI is InChI=1S/C38H50O10.C23H33ClO7.C23H32O7/c1-3-36(39)44-27-11-7-5-9-25-42-32-17-21-34(22-18-32)47-38(41)31-15-13-30(14-16-31)29-46-48-35-23-19-33(20-24-35)43-26-10-6-8-12-28-45-37(40)4-2;24-14-13-22(25)29-16-4-2-1-3-15-28-20-9-11-21(12-10-20)31-30-17-18-5-7-19(8-6-18)23(26)27;1-2-22(24)28-16-6-4-3-5-15-27-20-11-13-21(14-12-20)30-29-17-18-7-9-19(10-8-18)23(25)26/h3-4,17-24,30-31H,1-2,5-16,25-29H2;9-12,18-19H,1-8,13-17H2,(H,26,27);2,11-14,18-19H,1,3-10,15-17H2,(H,25,26). The molecular weight excluding hydrogens is 1430 g/mol. The lowest BCUT2D eigenvalue weighted by Gasteiger charge is -2.26. The van der Waals surface area contributed by atoms with Crippen LogP contribution in [0.25, 0.3) is 0 Å². The quantitative estimate of drug-likeness (QED) is 0.00606. The second kappa shape index (κ2) is 57.3. The van der Waals surface area contributed by atoms with Crippen molar-refractivity contribution in [1.82, 2.24) is 0 Å². The molecule has 0 atom stereocenters. The first kappa shape index (κ1) is 90.8. The number of esters is 5. The average molecular weight is 1540 g/mol. The van der Waals surface area contributed by atoms with Crippen LogP contribution in [0.15, 0.2) is 135 Å². The third kappa shape index (κ3) is 42.6. The van der Waals surface area contributed by atoms with Crippen molar-refractivity contribution in [3.63, 3.8) is 0 Å². The van der Waals surface area contributed by atoms with E-state index in [2.05, 4.69) is 19.7 Å². The number of aliphatic carboxylic acids is 2. The van der Waals surface area contributed by atoms with Gasteiger partial charge in [0, 0.05) is 24.1 Å². The maximum Gasteiger partial charge on any atom is 0.330 e. The first-order valence-electron chi connectivity index (χ1n) is 38.7. The molecule has 0 saturated heterocycles. The average Bonchev–Trinajstić information content (AvgIpc) is 0.882. The second-order valence-corrected chi connectivity index (χ2v) is 27.4. The summed E-state index contributed by atoms with van der Waals surface area (Å²) in [4.78, 5) is 111. The van der Waals surface area contributed by atoms with Crippen molar-refractivity contribution >= 4 is 53.4 Å². The van der Waals surface area contributed by atoms with E-state index in [1.165, 1.54) is 18.2 Å². The fourth-order valence-electron chi connectivity index (χ4n) is 11.9. The van der Waals surface area contributed by atoms with E-state index in [9.17, 15) is 33.6 Å². The summed E-state index contributed by atoms with van der Waals surface area (Å²) in [5, 5.41) is 18.1. The molecule has 24 nitrogen and oxygen atoms in total. The van der Waals surface area contributed by atoms with Gasteiger partial charge in [-0.2, -0.15) is 14.7 Å². The Balaban J connectivity index is 0.000000306. The summed E-state index contributed by atoms with van der Waals surface area (Å²) in [7, 11) is 0. The lowest BCUT2D eigenvalue weighted by atomic mass is 9.82. The maximum absolute atomic E-state index is 12.8. The molecule has 4 aromatic carbocycles. The summed E-state index contributed by atoms with van der Waals surface area (Å²) in [5.74, 6) is 3.14. The molecule has 25 heteroatoms. The van der Waals surface area contributed by atoms with Crippen LogP contribution < -0.4 is 38.3 Å². The van der Waals surface area contributed by atoms with E-state index in [1.807, 2.05) is 60.7 Å². The highest BCUT2D eigenvalue weighted by molar-refractivity contribution is 6.18. The van der Waals surface area contributed by atoms with Gasteiger partial charge in [0.1, 0.15) is 28.7 Å². The van der Waals surface area contributed by atoms with E-state index >= 15 is 0 Å². The molecule has 3 saturated carbocycles. The van der Waals surface area contributed by atoms with E-state index in [-0.39, 0.29) is 54.0 Å². The Morgan fingerprint density at radius 2 is 0.578 bits per heavy atom. The zero-order valence-corrected chi connectivity index (χ0v) is 64.1. The van der Waals surface area contributed by atoms with Crippen LogP contribution in [0.5, 0.6) is 46.0 Å². The minimum absolute atomic E-state index is 0.132. The lowest BCUT2D eigenvalue weighted by Crippen LogP contribution is -2.27. The Morgan fingerprint density at radius 1 is 0.330 bits per heavy atom. The smallest absolute Gasteiger partial charge is 0.330 e. The van der Waals surface area contributed by atoms with Crippen molar-refractivity contribution in [2.75, 3.05) is 78.6 Å². The lowest BCUT2D eigenvalue weighted by molar-refractivity contribution is -0.218. The van der Waals surface area contributed by atoms with Crippen LogP contribution in [0.1, 0.15) is 186 Å². The highest BCUT2D eigenvalue weighted by Gasteiger charge is 2.30. The first-order chi connectivity index (χ1) is 53.1. The fraction of sp³-hybridized carbons (Fsp3) is 0.560. The van der Waals surface area contributed by atoms with E-state index in [0.29, 0.717) is 145 Å². The SMILES string of the molecule is C=CC(=O)OCCCCCCOc1ccc(OOCC2CCC(C(=O)O)CC2)cc1.C=CC(=O)OCCCCCCOc1ccc(OOCC2CCC(C(=O)Oc3ccc(OCCCCCCOC(=O)C=C)cc3)CC2)cc1.O=C(CCCl)OCCCCCCOc1ccc(OOCC2CCC(C(=O)O)CC2)cc1. The van der Waals surface area contributed by atoms with Crippen LogP contribution in [0, 0.1) is 35.5 Å². The van der Waals surface area contributed by atoms with Crippen molar-refractivity contribution < 1.29 is 116 Å². The number of unbranched alkanes of at least 4 members (excludes halogenated alkanes) is 12. The Bertz CT molecular complexity index is 3180. The zero-order valence-electron chi connectivity index (χ0n) is 63.3. The number of ether oxygens (including phenoxy) is 9. The highest BCUT2D eigenvalue weighted by atomic mass is 35.5. The number of carboxylic acid groups (broad SMARTS) is 2. The first-order valence-corrected chi connectivity index (χ1v) is 39.2. The van der Waals surface area contributed by atoms with Crippen molar-refractivity contribution in [2.45, 2.75) is 186 Å². The molecule has 0 aromatic heterocycles. The number of alkyl halides is 1. The monoisotopic (exact) mass is 1540 g/mol. The topological polar surface area (TPSA) is 298 Å². The Labute approximate surface area is 647 Å². The third-order valence-corrected chi connectivity index (χ3v) is 18.7. The molecule has 3 fully saturated rings. The number of halogens is 1. The summed E-state index contributed by atoms with van der Waals surface area (Å²) in [5.41, 5.74) is 0. The van der Waals surface area contributed by atoms with Gasteiger partial charge in [-0.05, 0) is 295 Å². The van der Waals surface area contributed by atoms with E-state index in [0.717, 1.165) is 177 Å². The van der Waals surface area contributed by atoms with E-state index in [4.69, 9.17) is 93.8 Å². The minimum Gasteiger partial charge on any atom is -0.494 e. The maximum atomic E-state index is 12.8. The molecule has 0 unspecified atom stereocenters. The van der Waals surface area contributed by atoms with Gasteiger partial charge in [-0.25, -0.2) is 14.4 Å². The summed E-state index contributed by atoms with van der Waals surface area (Å²) < 4.78 is 48.5. The molecule has 0 heterocycles. The number of carbonyl (C=O) groups excluding carboxylic acids is 5. The minimum atomic E-state index is -0.695. The van der Waals surface area contributed by atoms with Gasteiger partial charge >= 0.3 is 41.8 Å². The van der Waals surface area contributed by atoms with Gasteiger partial charge < -0.3 is 67.5 Å². The molecular formula is C84H115ClO24. The molecule has 109 heavy (non-hydrogen) atoms. The van der Waals surface area contributed by atoms with E-state index < -0.39 is 11.9 Å². The normalized spacial score (nSPS) is 17.1. The van der Waals surface area contributed by atoms with Crippen LogP contribution in [-0.2, 0) is 67.2 Å². The molecule has 0 aliphatic heterocycles. The number of rotatable bonds is 53. The van der Waals surface area contributed by atoms with Gasteiger partial charge in [-0.15, -0.1) is 11.6 Å². The molecule has 3 aliphatic rings. The summed E-state index contributed by atoms with van der Waals surface area (Å²) in [6.07, 6.45) is 28.2. The van der Waals surface area contributed by atoms with Crippen LogP contribution in [-0.4, -0.2) is 131 Å². The van der Waals surface area contributed by atoms with Gasteiger partial charge in [0.25, 0.3) is 0 Å². The van der Waals surface area contributed by atoms with Gasteiger partial charge in [0.05, 0.1) is 96.9 Å². The zero-order chi connectivity index (χ0) is 78.2. The van der Waals surface area contributed by atoms with Gasteiger partial charge in [-0.1, -0.05) is 19.7 Å². The fourth-order valence-corrected chi connectivity index (χ4v) is 12.1. The molecule has 602 valence electrons. The Hall–Kier alpha value is -8.84. The third-order valence-electron chi connectivity index (χ3n) is 18.5. The predicted octanol–water partition coefficient (Wildman–Crippen LogP) is 17.3. The predicted molar refractivity (Wildman–Crippen MR) is 408 cm³/mol. The Morgan fingerprint density at radius 3 is 0.844 bits per heavy atom. The molecule has 0 radical (unpaired) electrons. The molecule has 3 aliphatic carbocycles. The van der Waals surface area contributed by atoms with Gasteiger partial charge in [0.2, 0.25) is 0 Å². The number of hydrogen-bond donors (Lipinski definition) is 2. The second-order valence-electron chi connectivity index (χ2n) is 27.1. The van der Waals surface area contributed by atoms with Crippen molar-refractivity contribution in [1.29, 1.82) is 0 Å². The number of carboxylic acids is 2. The number of hydrogen-bond acceptors (Lipinski definition) is 22. The molecule has 0 spiro atoms. The summed E-state index contributed by atoms with van der Waals surface area (Å²) >= 11 is 5.47. The summed E-state index contributed by atoms with van der Waals surface area (Å²) in [6, 6.07) is 29.0. The van der Waals surface area contributed by atoms with Crippen LogP contribution in [0.4, 0.5) is 0 Å². The highest BCUT2D eigenvalue weighted by Crippen LogP contribution is 2.34. The Kier molecular flexibility index (Phi) is 47.7. The van der Waals surface area contributed by atoms with Gasteiger partial charge in [-0.3, -0.25) is 19.2 Å². The molecule has 7 rings (SSSR count). The van der Waals surface area contributed by atoms with Crippen molar-refractivity contribution in [3.8, 4) is 46.0 Å². The van der Waals surface area contributed by atoms with Crippen molar-refractivity contribution in [3.05, 3.63) is 135 Å². The van der Waals surface area contributed by atoms with Crippen molar-refractivity contribution in [2.24, 2.45) is 35.5 Å². The largest absolute Gasteiger partial charge is 0.494 e. The van der Waals surface area contributed by atoms with Gasteiger partial charge in [0.15, 0.2) is 17.2 Å². The molecule has 0 bridgehead atoms. The summed E-state index contributed by atoms with van der Waals surface area (Å²) in [6.45, 7) is 15.7.